The van der Waals surface area contributed by atoms with Crippen molar-refractivity contribution in [2.75, 3.05) is 27.4 Å². The average molecular weight is 230 g/mol. The van der Waals surface area contributed by atoms with E-state index in [1.807, 2.05) is 0 Å². The average Bonchev–Trinajstić information content (AvgIpc) is 2.18. The topological polar surface area (TPSA) is 18.5 Å². The Hall–Kier alpha value is -0.0800. The molecule has 0 aromatic carbocycles. The molecule has 0 aliphatic carbocycles. The summed E-state index contributed by atoms with van der Waals surface area (Å²) in [5.41, 5.74) is 0.243. The van der Waals surface area contributed by atoms with Gasteiger partial charge in [-0.1, -0.05) is 40.0 Å². The van der Waals surface area contributed by atoms with Gasteiger partial charge in [0, 0.05) is 19.6 Å². The first-order chi connectivity index (χ1) is 7.60. The van der Waals surface area contributed by atoms with Crippen molar-refractivity contribution in [1.29, 1.82) is 0 Å². The van der Waals surface area contributed by atoms with Crippen LogP contribution in [0.3, 0.4) is 0 Å². The number of methoxy groups -OCH3 is 2. The van der Waals surface area contributed by atoms with Crippen LogP contribution in [0.25, 0.3) is 0 Å². The molecule has 0 saturated heterocycles. The zero-order valence-electron chi connectivity index (χ0n) is 11.8. The summed E-state index contributed by atoms with van der Waals surface area (Å²) >= 11 is 0. The fourth-order valence-electron chi connectivity index (χ4n) is 2.48. The molecule has 0 unspecified atom stereocenters. The van der Waals surface area contributed by atoms with Crippen molar-refractivity contribution in [2.45, 2.75) is 52.9 Å². The third-order valence-electron chi connectivity index (χ3n) is 3.17. The fraction of sp³-hybridized carbons (Fsp3) is 1.00. The summed E-state index contributed by atoms with van der Waals surface area (Å²) in [6.07, 6.45) is 6.21. The maximum Gasteiger partial charge on any atom is 0.0540 e. The second-order valence-electron chi connectivity index (χ2n) is 5.40. The van der Waals surface area contributed by atoms with Gasteiger partial charge in [0.1, 0.15) is 0 Å². The smallest absolute Gasteiger partial charge is 0.0540 e. The van der Waals surface area contributed by atoms with Crippen LogP contribution in [0.5, 0.6) is 0 Å². The fourth-order valence-corrected chi connectivity index (χ4v) is 2.48. The summed E-state index contributed by atoms with van der Waals surface area (Å²) in [6.45, 7) is 8.46. The van der Waals surface area contributed by atoms with Crippen molar-refractivity contribution in [3.8, 4) is 0 Å². The molecular weight excluding hydrogens is 200 g/mol. The quantitative estimate of drug-likeness (QED) is 0.567. The molecule has 2 heteroatoms. The van der Waals surface area contributed by atoms with E-state index in [-0.39, 0.29) is 5.41 Å². The van der Waals surface area contributed by atoms with E-state index >= 15 is 0 Å². The summed E-state index contributed by atoms with van der Waals surface area (Å²) in [5, 5.41) is 0. The Kier molecular flexibility index (Phi) is 8.96. The molecule has 0 aliphatic rings. The molecule has 2 nitrogen and oxygen atoms in total. The van der Waals surface area contributed by atoms with Crippen molar-refractivity contribution in [1.82, 2.24) is 0 Å². The van der Waals surface area contributed by atoms with E-state index in [1.165, 1.54) is 32.1 Å². The molecule has 0 amide bonds. The van der Waals surface area contributed by atoms with Gasteiger partial charge in [-0.05, 0) is 18.8 Å². The maximum absolute atomic E-state index is 5.39. The molecule has 16 heavy (non-hydrogen) atoms. The van der Waals surface area contributed by atoms with Crippen molar-refractivity contribution in [3.63, 3.8) is 0 Å². The van der Waals surface area contributed by atoms with Gasteiger partial charge in [0.2, 0.25) is 0 Å². The van der Waals surface area contributed by atoms with Gasteiger partial charge in [-0.2, -0.15) is 0 Å². The summed E-state index contributed by atoms with van der Waals surface area (Å²) in [6, 6.07) is 0. The molecule has 0 fully saturated rings. The van der Waals surface area contributed by atoms with E-state index in [0.717, 1.165) is 19.1 Å². The van der Waals surface area contributed by atoms with Crippen molar-refractivity contribution < 1.29 is 9.47 Å². The van der Waals surface area contributed by atoms with E-state index in [0.29, 0.717) is 0 Å². The molecule has 0 saturated carbocycles. The molecule has 0 rings (SSSR count). The SMILES string of the molecule is CCCC(CCCC(C)C)(COC)COC. The Morgan fingerprint density at radius 1 is 1.00 bits per heavy atom. The van der Waals surface area contributed by atoms with Crippen LogP contribution in [-0.4, -0.2) is 27.4 Å². The molecule has 0 heterocycles. The highest BCUT2D eigenvalue weighted by Crippen LogP contribution is 2.31. The zero-order valence-corrected chi connectivity index (χ0v) is 11.8. The highest BCUT2D eigenvalue weighted by molar-refractivity contribution is 4.78. The Labute approximate surface area is 102 Å². The zero-order chi connectivity index (χ0) is 12.4. The minimum absolute atomic E-state index is 0.243. The Morgan fingerprint density at radius 3 is 1.94 bits per heavy atom. The molecule has 0 N–H and O–H groups in total. The lowest BCUT2D eigenvalue weighted by molar-refractivity contribution is -0.00374. The third-order valence-corrected chi connectivity index (χ3v) is 3.17. The highest BCUT2D eigenvalue weighted by Gasteiger charge is 2.28. The van der Waals surface area contributed by atoms with Gasteiger partial charge in [-0.3, -0.25) is 0 Å². The van der Waals surface area contributed by atoms with Gasteiger partial charge in [0.15, 0.2) is 0 Å². The van der Waals surface area contributed by atoms with Crippen LogP contribution in [0.1, 0.15) is 52.9 Å². The second kappa shape index (κ2) is 9.00. The number of rotatable bonds is 10. The van der Waals surface area contributed by atoms with Crippen LogP contribution in [0.2, 0.25) is 0 Å². The minimum atomic E-state index is 0.243. The standard InChI is InChI=1S/C14H30O2/c1-6-9-14(11-15-4,12-16-5)10-7-8-13(2)3/h13H,6-12H2,1-5H3. The number of hydrogen-bond donors (Lipinski definition) is 0. The molecule has 0 atom stereocenters. The first-order valence-corrected chi connectivity index (χ1v) is 6.58. The van der Waals surface area contributed by atoms with Crippen molar-refractivity contribution in [2.24, 2.45) is 11.3 Å². The van der Waals surface area contributed by atoms with E-state index in [1.54, 1.807) is 14.2 Å². The number of ether oxygens (including phenoxy) is 2. The normalized spacial score (nSPS) is 12.4. The Bertz CT molecular complexity index is 138. The van der Waals surface area contributed by atoms with Crippen LogP contribution in [0.4, 0.5) is 0 Å². The second-order valence-corrected chi connectivity index (χ2v) is 5.40. The molecular formula is C14H30O2. The predicted octanol–water partition coefficient (Wildman–Crippen LogP) is 3.89. The van der Waals surface area contributed by atoms with Gasteiger partial charge in [-0.25, -0.2) is 0 Å². The van der Waals surface area contributed by atoms with Gasteiger partial charge >= 0.3 is 0 Å². The van der Waals surface area contributed by atoms with Crippen LogP contribution in [0.15, 0.2) is 0 Å². The van der Waals surface area contributed by atoms with E-state index in [4.69, 9.17) is 9.47 Å². The van der Waals surface area contributed by atoms with Crippen molar-refractivity contribution in [3.05, 3.63) is 0 Å². The molecule has 0 aromatic heterocycles. The molecule has 0 aromatic rings. The lowest BCUT2D eigenvalue weighted by Gasteiger charge is -2.32. The Morgan fingerprint density at radius 2 is 1.56 bits per heavy atom. The predicted molar refractivity (Wildman–Crippen MR) is 69.8 cm³/mol. The van der Waals surface area contributed by atoms with Gasteiger partial charge in [-0.15, -0.1) is 0 Å². The Balaban J connectivity index is 4.23. The first kappa shape index (κ1) is 15.9. The summed E-state index contributed by atoms with van der Waals surface area (Å²) in [7, 11) is 3.59. The van der Waals surface area contributed by atoms with Crippen LogP contribution >= 0.6 is 0 Å². The highest BCUT2D eigenvalue weighted by atomic mass is 16.5. The summed E-state index contributed by atoms with van der Waals surface area (Å²) in [5.74, 6) is 0.796. The third kappa shape index (κ3) is 6.49. The molecule has 0 aliphatic heterocycles. The molecule has 98 valence electrons. The van der Waals surface area contributed by atoms with Crippen molar-refractivity contribution >= 4 is 0 Å². The number of hydrogen-bond acceptors (Lipinski definition) is 2. The first-order valence-electron chi connectivity index (χ1n) is 6.58. The lowest BCUT2D eigenvalue weighted by atomic mass is 9.79. The summed E-state index contributed by atoms with van der Waals surface area (Å²) < 4.78 is 10.8. The van der Waals surface area contributed by atoms with Crippen LogP contribution < -0.4 is 0 Å². The van der Waals surface area contributed by atoms with Crippen LogP contribution in [-0.2, 0) is 9.47 Å². The molecule has 0 spiro atoms. The van der Waals surface area contributed by atoms with E-state index < -0.39 is 0 Å². The van der Waals surface area contributed by atoms with Gasteiger partial charge in [0.05, 0.1) is 13.2 Å². The molecule has 0 radical (unpaired) electrons. The monoisotopic (exact) mass is 230 g/mol. The van der Waals surface area contributed by atoms with E-state index in [9.17, 15) is 0 Å². The maximum atomic E-state index is 5.39. The lowest BCUT2D eigenvalue weighted by Crippen LogP contribution is -2.31. The van der Waals surface area contributed by atoms with Gasteiger partial charge < -0.3 is 9.47 Å². The minimum Gasteiger partial charge on any atom is -0.384 e. The largest absolute Gasteiger partial charge is 0.384 e. The van der Waals surface area contributed by atoms with E-state index in [2.05, 4.69) is 20.8 Å². The summed E-state index contributed by atoms with van der Waals surface area (Å²) in [4.78, 5) is 0. The van der Waals surface area contributed by atoms with Crippen LogP contribution in [0, 0.1) is 11.3 Å². The molecule has 0 bridgehead atoms. The van der Waals surface area contributed by atoms with Gasteiger partial charge in [0.25, 0.3) is 0 Å².